The lowest BCUT2D eigenvalue weighted by atomic mass is 10.2. The van der Waals surface area contributed by atoms with Gasteiger partial charge in [-0.05, 0) is 18.6 Å². The zero-order valence-corrected chi connectivity index (χ0v) is 9.19. The van der Waals surface area contributed by atoms with Crippen molar-refractivity contribution in [2.24, 2.45) is 0 Å². The fraction of sp³-hybridized carbons (Fsp3) is 0.385. The highest BCUT2D eigenvalue weighted by Crippen LogP contribution is 2.04. The van der Waals surface area contributed by atoms with Crippen LogP contribution in [0.25, 0.3) is 0 Å². The molecule has 0 saturated carbocycles. The Labute approximate surface area is 96.1 Å². The minimum Gasteiger partial charge on any atom is -0.392 e. The number of rotatable bonds is 2. The van der Waals surface area contributed by atoms with E-state index in [4.69, 9.17) is 0 Å². The monoisotopic (exact) mass is 216 g/mol. The van der Waals surface area contributed by atoms with Crippen molar-refractivity contribution in [2.75, 3.05) is 19.6 Å². The minimum absolute atomic E-state index is 0.186. The topological polar surface area (TPSA) is 35.5 Å². The van der Waals surface area contributed by atoms with Crippen LogP contribution in [0.3, 0.4) is 0 Å². The molecule has 16 heavy (non-hydrogen) atoms. The van der Waals surface area contributed by atoms with E-state index in [-0.39, 0.29) is 6.10 Å². The summed E-state index contributed by atoms with van der Waals surface area (Å²) in [6, 6.07) is 9.93. The molecule has 1 aliphatic rings. The number of hydrogen-bond acceptors (Lipinski definition) is 3. The molecule has 1 unspecified atom stereocenters. The van der Waals surface area contributed by atoms with E-state index >= 15 is 0 Å². The van der Waals surface area contributed by atoms with Gasteiger partial charge in [-0.3, -0.25) is 0 Å². The molecular weight excluding hydrogens is 200 g/mol. The van der Waals surface area contributed by atoms with E-state index < -0.39 is 0 Å². The number of β-amino-alcohol motifs (C(OH)–C–C–N with tert-alkyl or cyclic N) is 1. The number of aliphatic hydroxyl groups is 1. The summed E-state index contributed by atoms with van der Waals surface area (Å²) in [6.07, 6.45) is 0.661. The number of nitrogens with zero attached hydrogens (tertiary/aromatic N) is 1. The van der Waals surface area contributed by atoms with Gasteiger partial charge in [0.1, 0.15) is 0 Å². The smallest absolute Gasteiger partial charge is 0.0718 e. The van der Waals surface area contributed by atoms with Gasteiger partial charge in [-0.25, -0.2) is 10.4 Å². The summed E-state index contributed by atoms with van der Waals surface area (Å²) < 4.78 is 0. The number of hydrazine groups is 1. The van der Waals surface area contributed by atoms with Crippen molar-refractivity contribution in [2.45, 2.75) is 12.5 Å². The van der Waals surface area contributed by atoms with Crippen molar-refractivity contribution in [3.63, 3.8) is 0 Å². The Bertz CT molecular complexity index is 380. The highest BCUT2D eigenvalue weighted by Gasteiger charge is 2.18. The molecule has 1 aromatic rings. The van der Waals surface area contributed by atoms with E-state index in [9.17, 15) is 5.11 Å². The van der Waals surface area contributed by atoms with Crippen LogP contribution in [0.2, 0.25) is 0 Å². The average Bonchev–Trinajstić information content (AvgIpc) is 2.72. The predicted molar refractivity (Wildman–Crippen MR) is 63.5 cm³/mol. The molecule has 0 aliphatic carbocycles. The summed E-state index contributed by atoms with van der Waals surface area (Å²) in [6.45, 7) is 2.23. The molecule has 0 radical (unpaired) electrons. The second-order valence-corrected chi connectivity index (χ2v) is 3.89. The summed E-state index contributed by atoms with van der Waals surface area (Å²) in [4.78, 5) is 0. The molecule has 0 spiro atoms. The molecule has 0 amide bonds. The van der Waals surface area contributed by atoms with Crippen molar-refractivity contribution < 1.29 is 5.11 Å². The Balaban J connectivity index is 1.74. The molecule has 3 nitrogen and oxygen atoms in total. The van der Waals surface area contributed by atoms with Gasteiger partial charge in [-0.15, -0.1) is 0 Å². The van der Waals surface area contributed by atoms with E-state index in [1.807, 2.05) is 35.3 Å². The van der Waals surface area contributed by atoms with Crippen molar-refractivity contribution in [3.8, 4) is 11.8 Å². The zero-order chi connectivity index (χ0) is 11.2. The molecule has 2 rings (SSSR count). The van der Waals surface area contributed by atoms with Crippen molar-refractivity contribution in [1.82, 2.24) is 10.4 Å². The third-order valence-corrected chi connectivity index (χ3v) is 2.56. The van der Waals surface area contributed by atoms with Gasteiger partial charge in [0.25, 0.3) is 0 Å². The quantitative estimate of drug-likeness (QED) is 0.711. The second kappa shape index (κ2) is 5.66. The first kappa shape index (κ1) is 11.2. The molecule has 0 bridgehead atoms. The van der Waals surface area contributed by atoms with E-state index in [0.717, 1.165) is 18.5 Å². The van der Waals surface area contributed by atoms with Gasteiger partial charge in [-0.2, -0.15) is 0 Å². The van der Waals surface area contributed by atoms with Crippen LogP contribution in [-0.2, 0) is 0 Å². The molecule has 1 aliphatic heterocycles. The van der Waals surface area contributed by atoms with Gasteiger partial charge in [0.2, 0.25) is 0 Å². The summed E-state index contributed by atoms with van der Waals surface area (Å²) in [5.41, 5.74) is 4.22. The molecule has 1 saturated heterocycles. The lowest BCUT2D eigenvalue weighted by molar-refractivity contribution is 0.159. The molecule has 84 valence electrons. The zero-order valence-electron chi connectivity index (χ0n) is 9.19. The van der Waals surface area contributed by atoms with Crippen molar-refractivity contribution >= 4 is 0 Å². The first-order valence-corrected chi connectivity index (χ1v) is 5.55. The lowest BCUT2D eigenvalue weighted by Crippen LogP contribution is -2.36. The van der Waals surface area contributed by atoms with Gasteiger partial charge < -0.3 is 5.11 Å². The fourth-order valence-electron chi connectivity index (χ4n) is 1.70. The number of hydrogen-bond donors (Lipinski definition) is 2. The maximum absolute atomic E-state index is 9.32. The van der Waals surface area contributed by atoms with Crippen LogP contribution in [0.4, 0.5) is 0 Å². The summed E-state index contributed by atoms with van der Waals surface area (Å²) >= 11 is 0. The maximum Gasteiger partial charge on any atom is 0.0718 e. The van der Waals surface area contributed by atoms with Gasteiger partial charge >= 0.3 is 0 Å². The van der Waals surface area contributed by atoms with Crippen molar-refractivity contribution in [3.05, 3.63) is 35.9 Å². The molecule has 0 aromatic heterocycles. The van der Waals surface area contributed by atoms with Gasteiger partial charge in [-0.1, -0.05) is 30.0 Å². The highest BCUT2D eigenvalue weighted by molar-refractivity contribution is 5.33. The lowest BCUT2D eigenvalue weighted by Gasteiger charge is -2.13. The van der Waals surface area contributed by atoms with E-state index in [1.54, 1.807) is 0 Å². The maximum atomic E-state index is 9.32. The SMILES string of the molecule is OC1CCN(NCC#Cc2ccccc2)C1. The highest BCUT2D eigenvalue weighted by atomic mass is 16.3. The molecule has 1 aromatic carbocycles. The largest absolute Gasteiger partial charge is 0.392 e. The van der Waals surface area contributed by atoms with E-state index in [2.05, 4.69) is 17.3 Å². The van der Waals surface area contributed by atoms with Gasteiger partial charge in [0.05, 0.1) is 12.6 Å². The van der Waals surface area contributed by atoms with Crippen LogP contribution in [0, 0.1) is 11.8 Å². The Morgan fingerprint density at radius 1 is 1.38 bits per heavy atom. The predicted octanol–water partition coefficient (Wildman–Crippen LogP) is 0.609. The standard InChI is InChI=1S/C13H16N2O/c16-13-8-10-15(11-13)14-9-4-7-12-5-2-1-3-6-12/h1-3,5-6,13-14,16H,8-11H2. The van der Waals surface area contributed by atoms with Crippen LogP contribution in [0.5, 0.6) is 0 Å². The van der Waals surface area contributed by atoms with Crippen LogP contribution in [0.15, 0.2) is 30.3 Å². The molecule has 1 heterocycles. The number of nitrogens with one attached hydrogen (secondary N) is 1. The van der Waals surface area contributed by atoms with Gasteiger partial charge in [0.15, 0.2) is 0 Å². The second-order valence-electron chi connectivity index (χ2n) is 3.89. The first-order valence-electron chi connectivity index (χ1n) is 5.55. The van der Waals surface area contributed by atoms with E-state index in [0.29, 0.717) is 13.1 Å². The first-order chi connectivity index (χ1) is 7.84. The molecular formula is C13H16N2O. The van der Waals surface area contributed by atoms with Crippen molar-refractivity contribution in [1.29, 1.82) is 0 Å². The van der Waals surface area contributed by atoms with Crippen LogP contribution in [0.1, 0.15) is 12.0 Å². The number of benzene rings is 1. The summed E-state index contributed by atoms with van der Waals surface area (Å²) in [5.74, 6) is 6.14. The summed E-state index contributed by atoms with van der Waals surface area (Å²) in [5, 5.41) is 11.3. The van der Waals surface area contributed by atoms with Gasteiger partial charge in [0, 0.05) is 18.7 Å². The Hall–Kier alpha value is -1.34. The Kier molecular flexibility index (Phi) is 3.95. The van der Waals surface area contributed by atoms with E-state index in [1.165, 1.54) is 0 Å². The third-order valence-electron chi connectivity index (χ3n) is 2.56. The summed E-state index contributed by atoms with van der Waals surface area (Å²) in [7, 11) is 0. The Morgan fingerprint density at radius 2 is 2.19 bits per heavy atom. The molecule has 1 atom stereocenters. The minimum atomic E-state index is -0.186. The molecule has 2 N–H and O–H groups in total. The molecule has 3 heteroatoms. The molecule has 1 fully saturated rings. The third kappa shape index (κ3) is 3.35. The normalized spacial score (nSPS) is 20.4. The number of aliphatic hydroxyl groups excluding tert-OH is 1. The fourth-order valence-corrected chi connectivity index (χ4v) is 1.70. The van der Waals surface area contributed by atoms with Crippen LogP contribution in [-0.4, -0.2) is 35.9 Å². The van der Waals surface area contributed by atoms with Crippen LogP contribution < -0.4 is 5.43 Å². The average molecular weight is 216 g/mol. The Morgan fingerprint density at radius 3 is 2.88 bits per heavy atom. The van der Waals surface area contributed by atoms with Crippen LogP contribution >= 0.6 is 0 Å².